The molecular weight excluding hydrogens is 276 g/mol. The molecule has 0 bridgehead atoms. The van der Waals surface area contributed by atoms with Crippen LogP contribution in [-0.4, -0.2) is 38.4 Å². The van der Waals surface area contributed by atoms with E-state index in [4.69, 9.17) is 0 Å². The highest BCUT2D eigenvalue weighted by atomic mass is 16.2. The van der Waals surface area contributed by atoms with E-state index < -0.39 is 0 Å². The number of piperidine rings is 1. The summed E-state index contributed by atoms with van der Waals surface area (Å²) in [6, 6.07) is 1.92. The monoisotopic (exact) mass is 300 g/mol. The van der Waals surface area contributed by atoms with Crippen molar-refractivity contribution in [1.82, 2.24) is 19.4 Å². The Morgan fingerprint density at radius 1 is 1.41 bits per heavy atom. The van der Waals surface area contributed by atoms with Crippen LogP contribution in [-0.2, 0) is 5.54 Å². The number of hydrogen-bond acceptors (Lipinski definition) is 2. The Bertz CT molecular complexity index is 636. The van der Waals surface area contributed by atoms with E-state index in [1.165, 1.54) is 0 Å². The van der Waals surface area contributed by atoms with Gasteiger partial charge in [-0.15, -0.1) is 0 Å². The highest BCUT2D eigenvalue weighted by Crippen LogP contribution is 2.26. The van der Waals surface area contributed by atoms with Crippen molar-refractivity contribution in [3.63, 3.8) is 0 Å². The molecule has 1 N–H and O–H groups in total. The van der Waals surface area contributed by atoms with Crippen LogP contribution in [0, 0.1) is 0 Å². The van der Waals surface area contributed by atoms with E-state index in [1.807, 2.05) is 29.6 Å². The summed E-state index contributed by atoms with van der Waals surface area (Å²) >= 11 is 0. The maximum absolute atomic E-state index is 12.7. The van der Waals surface area contributed by atoms with Crippen LogP contribution < -0.4 is 0 Å². The number of hydrogen-bond donors (Lipinski definition) is 1. The van der Waals surface area contributed by atoms with Crippen molar-refractivity contribution in [3.05, 3.63) is 42.2 Å². The number of likely N-dealkylation sites (tertiary alicyclic amines) is 1. The minimum Gasteiger partial charge on any atom is -0.348 e. The fourth-order valence-electron chi connectivity index (χ4n) is 3.01. The molecule has 5 nitrogen and oxygen atoms in total. The molecule has 1 fully saturated rings. The van der Waals surface area contributed by atoms with Gasteiger partial charge in [0.05, 0.1) is 5.56 Å². The van der Waals surface area contributed by atoms with Gasteiger partial charge in [-0.2, -0.15) is 0 Å². The van der Waals surface area contributed by atoms with Crippen molar-refractivity contribution >= 4 is 5.91 Å². The lowest BCUT2D eigenvalue weighted by molar-refractivity contribution is 0.0704. The maximum Gasteiger partial charge on any atom is 0.255 e. The number of aromatic nitrogens is 3. The molecule has 118 valence electrons. The molecule has 2 aromatic heterocycles. The minimum absolute atomic E-state index is 0.00285. The van der Waals surface area contributed by atoms with Crippen LogP contribution >= 0.6 is 0 Å². The Balaban J connectivity index is 1.73. The molecule has 1 atom stereocenters. The number of amides is 1. The van der Waals surface area contributed by atoms with E-state index in [0.717, 1.165) is 37.3 Å². The highest BCUT2D eigenvalue weighted by Gasteiger charge is 2.27. The molecule has 0 aromatic carbocycles. The van der Waals surface area contributed by atoms with Gasteiger partial charge in [0.2, 0.25) is 0 Å². The van der Waals surface area contributed by atoms with Crippen LogP contribution in [0.4, 0.5) is 0 Å². The fraction of sp³-hybridized carbons (Fsp3) is 0.529. The molecule has 1 saturated heterocycles. The van der Waals surface area contributed by atoms with E-state index in [1.54, 1.807) is 6.20 Å². The van der Waals surface area contributed by atoms with E-state index >= 15 is 0 Å². The fourth-order valence-corrected chi connectivity index (χ4v) is 3.01. The molecule has 3 heterocycles. The molecule has 0 spiro atoms. The number of aromatic amines is 1. The van der Waals surface area contributed by atoms with E-state index in [0.29, 0.717) is 5.92 Å². The third-order valence-corrected chi connectivity index (χ3v) is 4.33. The van der Waals surface area contributed by atoms with Gasteiger partial charge in [-0.3, -0.25) is 4.79 Å². The van der Waals surface area contributed by atoms with Gasteiger partial charge >= 0.3 is 0 Å². The van der Waals surface area contributed by atoms with Crippen LogP contribution in [0.5, 0.6) is 0 Å². The van der Waals surface area contributed by atoms with Crippen molar-refractivity contribution < 1.29 is 4.79 Å². The van der Waals surface area contributed by atoms with Crippen molar-refractivity contribution in [2.45, 2.75) is 45.1 Å². The first-order valence-electron chi connectivity index (χ1n) is 7.92. The molecule has 0 aliphatic carbocycles. The predicted octanol–water partition coefficient (Wildman–Crippen LogP) is 2.99. The SMILES string of the molecule is CC(C)(C)n1ccc(C(=O)N2CCC[C@@H](c3ncc[nH]3)C2)c1. The van der Waals surface area contributed by atoms with Gasteiger partial charge in [-0.25, -0.2) is 4.98 Å². The Kier molecular flexibility index (Phi) is 3.81. The zero-order valence-corrected chi connectivity index (χ0v) is 13.5. The normalized spacial score (nSPS) is 19.4. The van der Waals surface area contributed by atoms with Gasteiger partial charge in [0.15, 0.2) is 0 Å². The highest BCUT2D eigenvalue weighted by molar-refractivity contribution is 5.94. The van der Waals surface area contributed by atoms with Gasteiger partial charge in [0, 0.05) is 49.3 Å². The zero-order valence-electron chi connectivity index (χ0n) is 13.5. The summed E-state index contributed by atoms with van der Waals surface area (Å²) < 4.78 is 2.09. The standard InChI is InChI=1S/C17H24N4O/c1-17(2,3)21-10-6-14(12-21)16(22)20-9-4-5-13(11-20)15-18-7-8-19-15/h6-8,10,12-13H,4-5,9,11H2,1-3H3,(H,18,19)/t13-/m1/s1. The van der Waals surface area contributed by atoms with Crippen molar-refractivity contribution in [2.75, 3.05) is 13.1 Å². The second kappa shape index (κ2) is 5.63. The first kappa shape index (κ1) is 14.9. The molecule has 22 heavy (non-hydrogen) atoms. The molecule has 5 heteroatoms. The lowest BCUT2D eigenvalue weighted by atomic mass is 9.97. The number of carbonyl (C=O) groups excluding carboxylic acids is 1. The molecule has 1 aliphatic heterocycles. The van der Waals surface area contributed by atoms with Gasteiger partial charge in [-0.05, 0) is 39.7 Å². The van der Waals surface area contributed by atoms with E-state index in [-0.39, 0.29) is 11.4 Å². The number of imidazole rings is 1. The van der Waals surface area contributed by atoms with Gasteiger partial charge < -0.3 is 14.5 Å². The Hall–Kier alpha value is -2.04. The average Bonchev–Trinajstić information content (AvgIpc) is 3.17. The molecule has 3 rings (SSSR count). The van der Waals surface area contributed by atoms with Crippen LogP contribution in [0.3, 0.4) is 0 Å². The second-order valence-corrected chi connectivity index (χ2v) is 7.04. The number of rotatable bonds is 2. The Morgan fingerprint density at radius 2 is 2.23 bits per heavy atom. The molecule has 0 radical (unpaired) electrons. The number of nitrogens with one attached hydrogen (secondary N) is 1. The molecular formula is C17H24N4O. The van der Waals surface area contributed by atoms with Crippen LogP contribution in [0.25, 0.3) is 0 Å². The van der Waals surface area contributed by atoms with Crippen molar-refractivity contribution in [3.8, 4) is 0 Å². The van der Waals surface area contributed by atoms with Crippen LogP contribution in [0.2, 0.25) is 0 Å². The minimum atomic E-state index is -0.00285. The number of H-pyrrole nitrogens is 1. The summed E-state index contributed by atoms with van der Waals surface area (Å²) in [7, 11) is 0. The molecule has 0 saturated carbocycles. The summed E-state index contributed by atoms with van der Waals surface area (Å²) in [5.41, 5.74) is 0.770. The van der Waals surface area contributed by atoms with Gasteiger partial charge in [0.1, 0.15) is 5.82 Å². The molecule has 1 aliphatic rings. The van der Waals surface area contributed by atoms with Crippen LogP contribution in [0.15, 0.2) is 30.9 Å². The van der Waals surface area contributed by atoms with Crippen molar-refractivity contribution in [2.24, 2.45) is 0 Å². The van der Waals surface area contributed by atoms with Gasteiger partial charge in [-0.1, -0.05) is 0 Å². The maximum atomic E-state index is 12.7. The first-order valence-corrected chi connectivity index (χ1v) is 7.92. The van der Waals surface area contributed by atoms with Crippen molar-refractivity contribution in [1.29, 1.82) is 0 Å². The summed E-state index contributed by atoms with van der Waals surface area (Å²) in [4.78, 5) is 22.2. The topological polar surface area (TPSA) is 53.9 Å². The molecule has 1 amide bonds. The third-order valence-electron chi connectivity index (χ3n) is 4.33. The Labute approximate surface area is 131 Å². The second-order valence-electron chi connectivity index (χ2n) is 7.04. The summed E-state index contributed by atoms with van der Waals surface area (Å²) in [6.45, 7) is 7.98. The summed E-state index contributed by atoms with van der Waals surface area (Å²) in [6.07, 6.45) is 9.68. The largest absolute Gasteiger partial charge is 0.348 e. The first-order chi connectivity index (χ1) is 10.4. The van der Waals surface area contributed by atoms with E-state index in [9.17, 15) is 4.79 Å². The number of carbonyl (C=O) groups is 1. The predicted molar refractivity (Wildman–Crippen MR) is 85.9 cm³/mol. The average molecular weight is 300 g/mol. The summed E-state index contributed by atoms with van der Waals surface area (Å²) in [5.74, 6) is 1.43. The Morgan fingerprint density at radius 3 is 2.86 bits per heavy atom. The van der Waals surface area contributed by atoms with E-state index in [2.05, 4.69) is 35.3 Å². The zero-order chi connectivity index (χ0) is 15.7. The number of nitrogens with zero attached hydrogens (tertiary/aromatic N) is 3. The lowest BCUT2D eigenvalue weighted by Crippen LogP contribution is -2.39. The molecule has 2 aromatic rings. The lowest BCUT2D eigenvalue weighted by Gasteiger charge is -2.31. The van der Waals surface area contributed by atoms with Gasteiger partial charge in [0.25, 0.3) is 5.91 Å². The quantitative estimate of drug-likeness (QED) is 0.927. The van der Waals surface area contributed by atoms with Crippen LogP contribution in [0.1, 0.15) is 55.7 Å². The summed E-state index contributed by atoms with van der Waals surface area (Å²) in [5, 5.41) is 0. The molecule has 0 unspecified atom stereocenters. The smallest absolute Gasteiger partial charge is 0.255 e. The third kappa shape index (κ3) is 2.93.